The highest BCUT2D eigenvalue weighted by Gasteiger charge is 2.04. The molecule has 1 heterocycles. The van der Waals surface area contributed by atoms with Gasteiger partial charge in [-0.15, -0.1) is 11.3 Å². The summed E-state index contributed by atoms with van der Waals surface area (Å²) in [4.78, 5) is 0.598. The first kappa shape index (κ1) is 11.9. The van der Waals surface area contributed by atoms with Gasteiger partial charge in [0.05, 0.1) is 10.7 Å². The molecule has 15 heavy (non-hydrogen) atoms. The molecule has 0 bridgehead atoms. The summed E-state index contributed by atoms with van der Waals surface area (Å²) < 4.78 is 0. The zero-order chi connectivity index (χ0) is 11.3. The Kier molecular flexibility index (Phi) is 4.44. The van der Waals surface area contributed by atoms with Gasteiger partial charge >= 0.3 is 0 Å². The molecule has 1 aromatic heterocycles. The van der Waals surface area contributed by atoms with Crippen LogP contribution in [0, 0.1) is 17.2 Å². The lowest BCUT2D eigenvalue weighted by Gasteiger charge is -2.05. The van der Waals surface area contributed by atoms with E-state index in [1.54, 1.807) is 0 Å². The topological polar surface area (TPSA) is 61.8 Å². The Hall–Kier alpha value is -1.21. The van der Waals surface area contributed by atoms with E-state index in [1.165, 1.54) is 17.8 Å². The first-order chi connectivity index (χ1) is 7.13. The molecule has 1 rings (SSSR count). The van der Waals surface area contributed by atoms with E-state index in [-0.39, 0.29) is 0 Å². The molecule has 0 aliphatic rings. The van der Waals surface area contributed by atoms with Crippen LogP contribution < -0.4 is 11.1 Å². The number of nitrogens with zero attached hydrogens (tertiary/aromatic N) is 1. The minimum Gasteiger partial charge on any atom is -0.397 e. The number of nitriles is 1. The van der Waals surface area contributed by atoms with Gasteiger partial charge in [0.25, 0.3) is 0 Å². The summed E-state index contributed by atoms with van der Waals surface area (Å²) in [6.07, 6.45) is 2.37. The molecule has 1 aromatic rings. The van der Waals surface area contributed by atoms with E-state index >= 15 is 0 Å². The van der Waals surface area contributed by atoms with Crippen LogP contribution in [0.5, 0.6) is 0 Å². The van der Waals surface area contributed by atoms with Crippen molar-refractivity contribution in [1.29, 1.82) is 5.26 Å². The number of nitrogens with one attached hydrogen (secondary N) is 1. The van der Waals surface area contributed by atoms with Crippen molar-refractivity contribution in [3.63, 3.8) is 0 Å². The average Bonchev–Trinajstić information content (AvgIpc) is 2.53. The van der Waals surface area contributed by atoms with Gasteiger partial charge in [0.15, 0.2) is 0 Å². The van der Waals surface area contributed by atoms with Gasteiger partial charge in [0, 0.05) is 6.54 Å². The largest absolute Gasteiger partial charge is 0.397 e. The maximum Gasteiger partial charge on any atom is 0.129 e. The molecule has 0 atom stereocenters. The first-order valence-electron chi connectivity index (χ1n) is 5.16. The maximum absolute atomic E-state index is 8.73. The summed E-state index contributed by atoms with van der Waals surface area (Å²) in [6, 6.07) is 3.91. The summed E-state index contributed by atoms with van der Waals surface area (Å²) in [5, 5.41) is 13.0. The molecule has 4 heteroatoms. The van der Waals surface area contributed by atoms with E-state index in [4.69, 9.17) is 11.0 Å². The van der Waals surface area contributed by atoms with E-state index in [0.717, 1.165) is 23.9 Å². The fourth-order valence-corrected chi connectivity index (χ4v) is 2.10. The normalized spacial score (nSPS) is 10.3. The van der Waals surface area contributed by atoms with Crippen LogP contribution in [-0.4, -0.2) is 6.54 Å². The molecular weight excluding hydrogens is 206 g/mol. The second kappa shape index (κ2) is 5.62. The third kappa shape index (κ3) is 3.80. The van der Waals surface area contributed by atoms with Crippen molar-refractivity contribution in [1.82, 2.24) is 0 Å². The van der Waals surface area contributed by atoms with E-state index < -0.39 is 0 Å². The van der Waals surface area contributed by atoms with Gasteiger partial charge in [0.1, 0.15) is 10.9 Å². The number of rotatable bonds is 5. The Balaban J connectivity index is 2.35. The van der Waals surface area contributed by atoms with Crippen molar-refractivity contribution in [2.75, 3.05) is 17.6 Å². The van der Waals surface area contributed by atoms with Gasteiger partial charge < -0.3 is 11.1 Å². The molecular formula is C11H17N3S. The van der Waals surface area contributed by atoms with Crippen molar-refractivity contribution in [2.45, 2.75) is 26.7 Å². The summed E-state index contributed by atoms with van der Waals surface area (Å²) in [6.45, 7) is 5.39. The Labute approximate surface area is 94.9 Å². The lowest BCUT2D eigenvalue weighted by molar-refractivity contribution is 0.567. The second-order valence-electron chi connectivity index (χ2n) is 3.97. The Morgan fingerprint density at radius 3 is 2.87 bits per heavy atom. The molecule has 3 N–H and O–H groups in total. The third-order valence-electron chi connectivity index (χ3n) is 2.12. The molecule has 0 amide bonds. The van der Waals surface area contributed by atoms with Gasteiger partial charge in [0.2, 0.25) is 0 Å². The van der Waals surface area contributed by atoms with Crippen LogP contribution in [0.25, 0.3) is 0 Å². The molecule has 0 aliphatic heterocycles. The summed E-state index contributed by atoms with van der Waals surface area (Å²) >= 11 is 1.42. The Bertz CT molecular complexity index is 349. The van der Waals surface area contributed by atoms with Crippen molar-refractivity contribution < 1.29 is 0 Å². The Morgan fingerprint density at radius 2 is 2.33 bits per heavy atom. The highest BCUT2D eigenvalue weighted by atomic mass is 32.1. The highest BCUT2D eigenvalue weighted by molar-refractivity contribution is 7.17. The molecule has 82 valence electrons. The van der Waals surface area contributed by atoms with Gasteiger partial charge in [-0.25, -0.2) is 0 Å². The van der Waals surface area contributed by atoms with Crippen LogP contribution in [0.4, 0.5) is 10.7 Å². The molecule has 0 aromatic carbocycles. The lowest BCUT2D eigenvalue weighted by atomic mass is 10.1. The average molecular weight is 223 g/mol. The fraction of sp³-hybridized carbons (Fsp3) is 0.545. The van der Waals surface area contributed by atoms with Gasteiger partial charge in [-0.3, -0.25) is 0 Å². The maximum atomic E-state index is 8.73. The standard InChI is InChI=1S/C11H17N3S/c1-8(2)4-3-5-14-11-6-9(13)10(7-12)15-11/h6,8,14H,3-5,13H2,1-2H3. The van der Waals surface area contributed by atoms with Crippen LogP contribution in [0.2, 0.25) is 0 Å². The van der Waals surface area contributed by atoms with Crippen LogP contribution in [0.3, 0.4) is 0 Å². The molecule has 0 unspecified atom stereocenters. The van der Waals surface area contributed by atoms with Gasteiger partial charge in [-0.1, -0.05) is 13.8 Å². The fourth-order valence-electron chi connectivity index (χ4n) is 1.30. The van der Waals surface area contributed by atoms with Crippen LogP contribution in [0.1, 0.15) is 31.6 Å². The van der Waals surface area contributed by atoms with Crippen molar-refractivity contribution in [2.24, 2.45) is 5.92 Å². The molecule has 0 fully saturated rings. The number of anilines is 2. The highest BCUT2D eigenvalue weighted by Crippen LogP contribution is 2.28. The van der Waals surface area contributed by atoms with Crippen molar-refractivity contribution in [3.05, 3.63) is 10.9 Å². The van der Waals surface area contributed by atoms with Gasteiger partial charge in [-0.2, -0.15) is 5.26 Å². The van der Waals surface area contributed by atoms with Gasteiger partial charge in [-0.05, 0) is 24.8 Å². The first-order valence-corrected chi connectivity index (χ1v) is 5.98. The third-order valence-corrected chi connectivity index (χ3v) is 3.13. The molecule has 0 saturated carbocycles. The molecule has 0 saturated heterocycles. The predicted molar refractivity (Wildman–Crippen MR) is 66.0 cm³/mol. The van der Waals surface area contributed by atoms with E-state index in [2.05, 4.69) is 25.2 Å². The van der Waals surface area contributed by atoms with Crippen molar-refractivity contribution >= 4 is 22.0 Å². The number of hydrogen-bond acceptors (Lipinski definition) is 4. The van der Waals surface area contributed by atoms with E-state index in [0.29, 0.717) is 10.6 Å². The number of nitrogens with two attached hydrogens (primary N) is 1. The number of nitrogen functional groups attached to an aromatic ring is 1. The summed E-state index contributed by atoms with van der Waals surface area (Å²) in [7, 11) is 0. The molecule has 3 nitrogen and oxygen atoms in total. The quantitative estimate of drug-likeness (QED) is 0.754. The van der Waals surface area contributed by atoms with Crippen LogP contribution >= 0.6 is 11.3 Å². The molecule has 0 aliphatic carbocycles. The van der Waals surface area contributed by atoms with E-state index in [9.17, 15) is 0 Å². The molecule has 0 radical (unpaired) electrons. The van der Waals surface area contributed by atoms with Crippen molar-refractivity contribution in [3.8, 4) is 6.07 Å². The second-order valence-corrected chi connectivity index (χ2v) is 5.02. The SMILES string of the molecule is CC(C)CCCNc1cc(N)c(C#N)s1. The minimum absolute atomic E-state index is 0.578. The van der Waals surface area contributed by atoms with Crippen LogP contribution in [0.15, 0.2) is 6.07 Å². The minimum atomic E-state index is 0.578. The summed E-state index contributed by atoms with van der Waals surface area (Å²) in [5.41, 5.74) is 6.23. The predicted octanol–water partition coefficient (Wildman–Crippen LogP) is 3.05. The lowest BCUT2D eigenvalue weighted by Crippen LogP contribution is -2.01. The molecule has 0 spiro atoms. The monoisotopic (exact) mass is 223 g/mol. The number of thiophene rings is 1. The smallest absolute Gasteiger partial charge is 0.129 e. The zero-order valence-electron chi connectivity index (χ0n) is 9.21. The Morgan fingerprint density at radius 1 is 1.60 bits per heavy atom. The zero-order valence-corrected chi connectivity index (χ0v) is 10.0. The van der Waals surface area contributed by atoms with Crippen LogP contribution in [-0.2, 0) is 0 Å². The summed E-state index contributed by atoms with van der Waals surface area (Å²) in [5.74, 6) is 0.745. The van der Waals surface area contributed by atoms with E-state index in [1.807, 2.05) is 6.07 Å². The number of hydrogen-bond donors (Lipinski definition) is 2.